The highest BCUT2D eigenvalue weighted by atomic mass is 16.7. The number of fused-ring (bicyclic) bond motifs is 1. The Morgan fingerprint density at radius 3 is 2.38 bits per heavy atom. The zero-order valence-corrected chi connectivity index (χ0v) is 19.6. The van der Waals surface area contributed by atoms with Crippen molar-refractivity contribution in [3.8, 4) is 11.5 Å². The van der Waals surface area contributed by atoms with Crippen molar-refractivity contribution < 1.29 is 23.9 Å². The summed E-state index contributed by atoms with van der Waals surface area (Å²) in [6.45, 7) is 10.3. The molecule has 176 valence electrons. The fourth-order valence-corrected chi connectivity index (χ4v) is 4.36. The van der Waals surface area contributed by atoms with Gasteiger partial charge in [-0.25, -0.2) is 0 Å². The lowest BCUT2D eigenvalue weighted by molar-refractivity contribution is -0.138. The van der Waals surface area contributed by atoms with Gasteiger partial charge in [-0.2, -0.15) is 0 Å². The minimum atomic E-state index is -0.552. The van der Waals surface area contributed by atoms with Crippen LogP contribution >= 0.6 is 0 Å². The summed E-state index contributed by atoms with van der Waals surface area (Å²) in [6, 6.07) is 4.67. The Morgan fingerprint density at radius 2 is 1.75 bits per heavy atom. The third-order valence-corrected chi connectivity index (χ3v) is 6.17. The SMILES string of the molecule is CCN(CC)C(=O)[C@@H](NC(=O)CC(C)C)C1CCN(C(=O)c2ccc3c(c2)OCO3)CC1. The van der Waals surface area contributed by atoms with Gasteiger partial charge in [0.2, 0.25) is 18.6 Å². The van der Waals surface area contributed by atoms with Gasteiger partial charge in [-0.05, 0) is 56.7 Å². The molecule has 0 saturated carbocycles. The van der Waals surface area contributed by atoms with Crippen LogP contribution in [0.5, 0.6) is 11.5 Å². The number of benzene rings is 1. The van der Waals surface area contributed by atoms with Crippen LogP contribution in [0.1, 0.15) is 57.3 Å². The van der Waals surface area contributed by atoms with E-state index in [0.29, 0.717) is 62.5 Å². The van der Waals surface area contributed by atoms with Crippen LogP contribution in [0.3, 0.4) is 0 Å². The van der Waals surface area contributed by atoms with Crippen molar-refractivity contribution in [3.05, 3.63) is 23.8 Å². The van der Waals surface area contributed by atoms with E-state index in [9.17, 15) is 14.4 Å². The molecule has 2 aliphatic heterocycles. The number of amides is 3. The lowest BCUT2D eigenvalue weighted by atomic mass is 9.87. The molecule has 0 aromatic heterocycles. The number of hydrogen-bond donors (Lipinski definition) is 1. The molecule has 1 aromatic rings. The van der Waals surface area contributed by atoms with E-state index < -0.39 is 6.04 Å². The molecule has 2 aliphatic rings. The zero-order chi connectivity index (χ0) is 23.3. The summed E-state index contributed by atoms with van der Waals surface area (Å²) in [4.78, 5) is 42.2. The Kier molecular flexibility index (Phi) is 7.99. The number of carbonyl (C=O) groups is 3. The average molecular weight is 446 g/mol. The summed E-state index contributed by atoms with van der Waals surface area (Å²) in [7, 11) is 0. The molecule has 8 heteroatoms. The molecule has 3 rings (SSSR count). The molecule has 1 N–H and O–H groups in total. The number of carbonyl (C=O) groups excluding carboxylic acids is 3. The molecule has 2 heterocycles. The molecular weight excluding hydrogens is 410 g/mol. The van der Waals surface area contributed by atoms with Crippen molar-refractivity contribution in [1.82, 2.24) is 15.1 Å². The third kappa shape index (κ3) is 5.53. The van der Waals surface area contributed by atoms with Gasteiger partial charge in [-0.15, -0.1) is 0 Å². The highest BCUT2D eigenvalue weighted by Gasteiger charge is 2.35. The van der Waals surface area contributed by atoms with E-state index in [0.717, 1.165) is 0 Å². The Bertz CT molecular complexity index is 829. The van der Waals surface area contributed by atoms with E-state index >= 15 is 0 Å². The van der Waals surface area contributed by atoms with Crippen molar-refractivity contribution in [3.63, 3.8) is 0 Å². The second-order valence-electron chi connectivity index (χ2n) is 8.85. The molecule has 8 nitrogen and oxygen atoms in total. The minimum absolute atomic E-state index is 0.0000150. The van der Waals surface area contributed by atoms with E-state index in [1.165, 1.54) is 0 Å². The number of likely N-dealkylation sites (tertiary alicyclic amines) is 1. The highest BCUT2D eigenvalue weighted by Crippen LogP contribution is 2.33. The number of ether oxygens (including phenoxy) is 2. The zero-order valence-electron chi connectivity index (χ0n) is 19.6. The first-order chi connectivity index (χ1) is 15.3. The Hall–Kier alpha value is -2.77. The quantitative estimate of drug-likeness (QED) is 0.665. The minimum Gasteiger partial charge on any atom is -0.454 e. The first kappa shape index (κ1) is 23.9. The summed E-state index contributed by atoms with van der Waals surface area (Å²) in [6.07, 6.45) is 1.72. The number of hydrogen-bond acceptors (Lipinski definition) is 5. The second kappa shape index (κ2) is 10.7. The van der Waals surface area contributed by atoms with Gasteiger partial charge in [-0.3, -0.25) is 14.4 Å². The lowest BCUT2D eigenvalue weighted by Crippen LogP contribution is -2.54. The van der Waals surface area contributed by atoms with Gasteiger partial charge in [0.15, 0.2) is 11.5 Å². The van der Waals surface area contributed by atoms with Gasteiger partial charge in [0, 0.05) is 38.2 Å². The van der Waals surface area contributed by atoms with Gasteiger partial charge < -0.3 is 24.6 Å². The number of likely N-dealkylation sites (N-methyl/N-ethyl adjacent to an activating group) is 1. The molecule has 0 radical (unpaired) electrons. The summed E-state index contributed by atoms with van der Waals surface area (Å²) in [5, 5.41) is 3.01. The van der Waals surface area contributed by atoms with E-state index in [1.807, 2.05) is 32.6 Å². The van der Waals surface area contributed by atoms with Crippen molar-refractivity contribution in [2.45, 2.75) is 53.0 Å². The summed E-state index contributed by atoms with van der Waals surface area (Å²) < 4.78 is 10.7. The van der Waals surface area contributed by atoms with Crippen molar-refractivity contribution in [2.24, 2.45) is 11.8 Å². The number of piperidine rings is 1. The van der Waals surface area contributed by atoms with Crippen LogP contribution in [0.25, 0.3) is 0 Å². The van der Waals surface area contributed by atoms with Crippen LogP contribution in [0.2, 0.25) is 0 Å². The maximum atomic E-state index is 13.2. The van der Waals surface area contributed by atoms with E-state index in [1.54, 1.807) is 23.1 Å². The molecule has 1 atom stereocenters. The van der Waals surface area contributed by atoms with Crippen molar-refractivity contribution >= 4 is 17.7 Å². The molecular formula is C24H35N3O5. The molecule has 32 heavy (non-hydrogen) atoms. The topological polar surface area (TPSA) is 88.2 Å². The first-order valence-electron chi connectivity index (χ1n) is 11.6. The molecule has 0 spiro atoms. The third-order valence-electron chi connectivity index (χ3n) is 6.17. The smallest absolute Gasteiger partial charge is 0.253 e. The Balaban J connectivity index is 1.66. The van der Waals surface area contributed by atoms with Crippen LogP contribution in [0.15, 0.2) is 18.2 Å². The largest absolute Gasteiger partial charge is 0.454 e. The average Bonchev–Trinajstić information content (AvgIpc) is 3.25. The molecule has 1 fully saturated rings. The molecule has 0 bridgehead atoms. The van der Waals surface area contributed by atoms with Gasteiger partial charge >= 0.3 is 0 Å². The molecule has 1 saturated heterocycles. The Labute approximate surface area is 190 Å². The van der Waals surface area contributed by atoms with Gasteiger partial charge in [0.25, 0.3) is 5.91 Å². The predicted molar refractivity (Wildman–Crippen MR) is 121 cm³/mol. The highest BCUT2D eigenvalue weighted by molar-refractivity contribution is 5.95. The van der Waals surface area contributed by atoms with Crippen molar-refractivity contribution in [1.29, 1.82) is 0 Å². The number of nitrogens with zero attached hydrogens (tertiary/aromatic N) is 2. The van der Waals surface area contributed by atoms with E-state index in [4.69, 9.17) is 9.47 Å². The predicted octanol–water partition coefficient (Wildman–Crippen LogP) is 2.67. The number of rotatable bonds is 8. The van der Waals surface area contributed by atoms with Crippen LogP contribution in [-0.2, 0) is 9.59 Å². The van der Waals surface area contributed by atoms with E-state index in [2.05, 4.69) is 5.32 Å². The summed E-state index contributed by atoms with van der Waals surface area (Å²) >= 11 is 0. The summed E-state index contributed by atoms with van der Waals surface area (Å²) in [5.74, 6) is 1.27. The molecule has 0 aliphatic carbocycles. The van der Waals surface area contributed by atoms with Gasteiger partial charge in [0.05, 0.1) is 0 Å². The van der Waals surface area contributed by atoms with Gasteiger partial charge in [0.1, 0.15) is 6.04 Å². The molecule has 0 unspecified atom stereocenters. The maximum absolute atomic E-state index is 13.2. The molecule has 3 amide bonds. The van der Waals surface area contributed by atoms with Crippen LogP contribution < -0.4 is 14.8 Å². The maximum Gasteiger partial charge on any atom is 0.253 e. The summed E-state index contributed by atoms with van der Waals surface area (Å²) in [5.41, 5.74) is 0.564. The fourth-order valence-electron chi connectivity index (χ4n) is 4.36. The lowest BCUT2D eigenvalue weighted by Gasteiger charge is -2.37. The molecule has 1 aromatic carbocycles. The van der Waals surface area contributed by atoms with Gasteiger partial charge in [-0.1, -0.05) is 13.8 Å². The van der Waals surface area contributed by atoms with Crippen LogP contribution in [0.4, 0.5) is 0 Å². The number of nitrogens with one attached hydrogen (secondary N) is 1. The fraction of sp³-hybridized carbons (Fsp3) is 0.625. The normalized spacial score (nSPS) is 16.7. The first-order valence-corrected chi connectivity index (χ1v) is 11.6. The monoisotopic (exact) mass is 445 g/mol. The van der Waals surface area contributed by atoms with E-state index in [-0.39, 0.29) is 36.4 Å². The van der Waals surface area contributed by atoms with Crippen LogP contribution in [-0.4, -0.2) is 66.5 Å². The van der Waals surface area contributed by atoms with Crippen molar-refractivity contribution in [2.75, 3.05) is 33.0 Å². The second-order valence-corrected chi connectivity index (χ2v) is 8.85. The van der Waals surface area contributed by atoms with Crippen LogP contribution in [0, 0.1) is 11.8 Å². The standard InChI is InChI=1S/C24H35N3O5/c1-5-26(6-2)24(30)22(25-21(28)13-16(3)4)17-9-11-27(12-10-17)23(29)18-7-8-19-20(14-18)32-15-31-19/h7-8,14,16-17,22H,5-6,9-13,15H2,1-4H3,(H,25,28)/t22-/m0/s1. The Morgan fingerprint density at radius 1 is 1.09 bits per heavy atom.